The van der Waals surface area contributed by atoms with Crippen LogP contribution < -0.4 is 10.6 Å². The number of piperazine rings is 1. The van der Waals surface area contributed by atoms with Crippen LogP contribution in [0.1, 0.15) is 36.0 Å². The third-order valence-corrected chi connectivity index (χ3v) is 7.88. The van der Waals surface area contributed by atoms with E-state index in [0.717, 1.165) is 28.4 Å². The zero-order chi connectivity index (χ0) is 27.9. The number of anilines is 1. The predicted molar refractivity (Wildman–Crippen MR) is 140 cm³/mol. The summed E-state index contributed by atoms with van der Waals surface area (Å²) in [5.74, 6) is -1.71. The van der Waals surface area contributed by atoms with Crippen molar-refractivity contribution in [2.75, 3.05) is 44.2 Å². The molecule has 1 unspecified atom stereocenters. The van der Waals surface area contributed by atoms with Gasteiger partial charge in [-0.15, -0.1) is 11.3 Å². The van der Waals surface area contributed by atoms with Crippen LogP contribution in [0.15, 0.2) is 53.9 Å². The molecule has 3 heterocycles. The van der Waals surface area contributed by atoms with Crippen LogP contribution in [-0.4, -0.2) is 78.0 Å². The molecule has 0 saturated carbocycles. The molecule has 1 saturated heterocycles. The highest BCUT2D eigenvalue weighted by Crippen LogP contribution is 2.36. The van der Waals surface area contributed by atoms with Crippen LogP contribution >= 0.6 is 11.3 Å². The molecule has 3 amide bonds. The first-order valence-corrected chi connectivity index (χ1v) is 13.1. The van der Waals surface area contributed by atoms with Crippen LogP contribution in [0.4, 0.5) is 18.9 Å². The van der Waals surface area contributed by atoms with Crippen molar-refractivity contribution >= 4 is 34.7 Å². The van der Waals surface area contributed by atoms with Crippen molar-refractivity contribution in [3.8, 4) is 11.1 Å². The predicted octanol–water partition coefficient (Wildman–Crippen LogP) is 3.31. The molecule has 0 spiro atoms. The largest absolute Gasteiger partial charge is 0.416 e. The highest BCUT2D eigenvalue weighted by Gasteiger charge is 2.39. The lowest BCUT2D eigenvalue weighted by Crippen LogP contribution is -2.50. The summed E-state index contributed by atoms with van der Waals surface area (Å²) >= 11 is 1.15. The summed E-state index contributed by atoms with van der Waals surface area (Å²) < 4.78 is 39.2. The molecule has 3 aromatic rings. The number of alkyl halides is 3. The van der Waals surface area contributed by atoms with Gasteiger partial charge in [-0.1, -0.05) is 18.2 Å². The number of β-amino-alcohol motifs (C(OH)–C–C–N with tert-alkyl or cyclic N) is 1. The molecule has 204 valence electrons. The highest BCUT2D eigenvalue weighted by atomic mass is 32.1. The Balaban J connectivity index is 1.22. The second-order valence-corrected chi connectivity index (χ2v) is 10.4. The number of nitrogens with two attached hydrogens (primary N) is 1. The molecule has 0 bridgehead atoms. The smallest absolute Gasteiger partial charge is 0.390 e. The molecule has 2 aliphatic heterocycles. The summed E-state index contributed by atoms with van der Waals surface area (Å²) in [6.45, 7) is 1.89. The number of nitrogens with zero attached hydrogens (tertiary/aromatic N) is 3. The van der Waals surface area contributed by atoms with Gasteiger partial charge in [-0.2, -0.15) is 13.2 Å². The number of hydrogen-bond acceptors (Lipinski definition) is 7. The molecular weight excluding hydrogens is 533 g/mol. The van der Waals surface area contributed by atoms with Crippen molar-refractivity contribution in [2.24, 2.45) is 5.73 Å². The van der Waals surface area contributed by atoms with E-state index < -0.39 is 35.6 Å². The molecule has 2 aliphatic rings. The minimum Gasteiger partial charge on any atom is -0.390 e. The molecule has 3 N–H and O–H groups in total. The van der Waals surface area contributed by atoms with Gasteiger partial charge in [0, 0.05) is 44.0 Å². The summed E-state index contributed by atoms with van der Waals surface area (Å²) in [6, 6.07) is 11.7. The van der Waals surface area contributed by atoms with Gasteiger partial charge in [0.15, 0.2) is 0 Å². The second-order valence-electron chi connectivity index (χ2n) is 9.47. The maximum Gasteiger partial charge on any atom is 0.416 e. The van der Waals surface area contributed by atoms with Crippen molar-refractivity contribution in [1.82, 2.24) is 9.80 Å². The third kappa shape index (κ3) is 5.27. The number of aliphatic hydroxyl groups excluding tert-OH is 1. The summed E-state index contributed by atoms with van der Waals surface area (Å²) in [4.78, 5) is 43.3. The Hall–Kier alpha value is -3.74. The summed E-state index contributed by atoms with van der Waals surface area (Å²) in [6.07, 6.45) is -5.45. The van der Waals surface area contributed by atoms with Crippen molar-refractivity contribution in [3.63, 3.8) is 0 Å². The van der Waals surface area contributed by atoms with Crippen LogP contribution in [0, 0.1) is 0 Å². The Kier molecular flexibility index (Phi) is 7.19. The van der Waals surface area contributed by atoms with E-state index in [2.05, 4.69) is 0 Å². The Morgan fingerprint density at radius 1 is 0.949 bits per heavy atom. The first-order chi connectivity index (χ1) is 18.5. The fraction of sp³-hybridized carbons (Fsp3) is 0.296. The van der Waals surface area contributed by atoms with Gasteiger partial charge in [0.2, 0.25) is 0 Å². The number of fused-ring (bicyclic) bond motifs is 1. The maximum absolute atomic E-state index is 13.3. The number of aliphatic hydroxyl groups is 1. The van der Waals surface area contributed by atoms with Crippen molar-refractivity contribution in [1.29, 1.82) is 0 Å². The molecule has 0 radical (unpaired) electrons. The number of benzene rings is 2. The standard InChI is InChI=1S/C27H25F3N4O4S/c28-27(29,30)16-3-1-4-17(13-16)33-10-8-32(9-11-33)14-18(35)15-34-25(37)21-6-2-5-19(22(21)26(34)38)20-7-12-39-23(20)24(31)36/h1-7,12-13,18,35H,8-11,14-15H2,(H2,31,36). The third-order valence-electron chi connectivity index (χ3n) is 6.95. The first kappa shape index (κ1) is 26.9. The molecule has 1 aromatic heterocycles. The van der Waals surface area contributed by atoms with Gasteiger partial charge < -0.3 is 15.7 Å². The zero-order valence-electron chi connectivity index (χ0n) is 20.6. The average Bonchev–Trinajstić information content (AvgIpc) is 3.49. The van der Waals surface area contributed by atoms with Crippen LogP contribution in [-0.2, 0) is 6.18 Å². The molecule has 39 heavy (non-hydrogen) atoms. The van der Waals surface area contributed by atoms with Crippen LogP contribution in [0.5, 0.6) is 0 Å². The molecule has 1 fully saturated rings. The number of rotatable bonds is 7. The van der Waals surface area contributed by atoms with E-state index in [0.29, 0.717) is 43.0 Å². The monoisotopic (exact) mass is 558 g/mol. The number of hydrogen-bond donors (Lipinski definition) is 2. The van der Waals surface area contributed by atoms with Gasteiger partial charge >= 0.3 is 6.18 Å². The van der Waals surface area contributed by atoms with Crippen LogP contribution in [0.3, 0.4) is 0 Å². The summed E-state index contributed by atoms with van der Waals surface area (Å²) in [5.41, 5.74) is 6.53. The number of primary amides is 1. The number of amides is 3. The average molecular weight is 559 g/mol. The molecule has 2 aromatic carbocycles. The summed E-state index contributed by atoms with van der Waals surface area (Å²) in [5, 5.41) is 12.5. The fourth-order valence-corrected chi connectivity index (χ4v) is 5.83. The number of carbonyl (C=O) groups is 3. The van der Waals surface area contributed by atoms with Crippen LogP contribution in [0.2, 0.25) is 0 Å². The lowest BCUT2D eigenvalue weighted by Gasteiger charge is -2.37. The van der Waals surface area contributed by atoms with E-state index >= 15 is 0 Å². The van der Waals surface area contributed by atoms with Crippen molar-refractivity contribution < 1.29 is 32.7 Å². The fourth-order valence-electron chi connectivity index (χ4n) is 5.07. The molecule has 8 nitrogen and oxygen atoms in total. The number of carbonyl (C=O) groups excluding carboxylic acids is 3. The van der Waals surface area contributed by atoms with E-state index in [1.807, 2.05) is 9.80 Å². The normalized spacial score (nSPS) is 17.0. The van der Waals surface area contributed by atoms with Gasteiger partial charge in [-0.05, 0) is 41.3 Å². The molecular formula is C27H25F3N4O4S. The Morgan fingerprint density at radius 2 is 1.64 bits per heavy atom. The van der Waals surface area contributed by atoms with Gasteiger partial charge in [0.25, 0.3) is 17.7 Å². The lowest BCUT2D eigenvalue weighted by atomic mass is 9.97. The molecule has 1 atom stereocenters. The SMILES string of the molecule is NC(=O)c1sccc1-c1cccc2c1C(=O)N(CC(O)CN1CCN(c3cccc(C(F)(F)F)c3)CC1)C2=O. The Bertz CT molecular complexity index is 1430. The lowest BCUT2D eigenvalue weighted by molar-refractivity contribution is -0.137. The van der Waals surface area contributed by atoms with Gasteiger partial charge in [0.05, 0.1) is 34.2 Å². The van der Waals surface area contributed by atoms with Crippen LogP contribution in [0.25, 0.3) is 11.1 Å². The van der Waals surface area contributed by atoms with E-state index in [-0.39, 0.29) is 29.1 Å². The second kappa shape index (κ2) is 10.4. The van der Waals surface area contributed by atoms with Crippen molar-refractivity contribution in [2.45, 2.75) is 12.3 Å². The maximum atomic E-state index is 13.3. The summed E-state index contributed by atoms with van der Waals surface area (Å²) in [7, 11) is 0. The molecule has 0 aliphatic carbocycles. The number of imide groups is 1. The molecule has 5 rings (SSSR count). The van der Waals surface area contributed by atoms with E-state index in [9.17, 15) is 32.7 Å². The van der Waals surface area contributed by atoms with E-state index in [1.165, 1.54) is 12.1 Å². The van der Waals surface area contributed by atoms with Crippen molar-refractivity contribution in [3.05, 3.63) is 75.5 Å². The Labute approximate surface area is 226 Å². The van der Waals surface area contributed by atoms with Gasteiger partial charge in [-0.25, -0.2) is 0 Å². The van der Waals surface area contributed by atoms with Gasteiger partial charge in [-0.3, -0.25) is 24.2 Å². The minimum atomic E-state index is -4.42. The quantitative estimate of drug-likeness (QED) is 0.431. The van der Waals surface area contributed by atoms with E-state index in [1.54, 1.807) is 29.6 Å². The minimum absolute atomic E-state index is 0.172. The zero-order valence-corrected chi connectivity index (χ0v) is 21.5. The number of halogens is 3. The molecule has 12 heteroatoms. The van der Waals surface area contributed by atoms with E-state index in [4.69, 9.17) is 5.73 Å². The number of thiophene rings is 1. The first-order valence-electron chi connectivity index (χ1n) is 12.2. The highest BCUT2D eigenvalue weighted by molar-refractivity contribution is 7.12. The van der Waals surface area contributed by atoms with Gasteiger partial charge in [0.1, 0.15) is 0 Å². The topological polar surface area (TPSA) is 107 Å². The Morgan fingerprint density at radius 3 is 2.33 bits per heavy atom.